The molecule has 0 unspecified atom stereocenters. The highest BCUT2D eigenvalue weighted by Gasteiger charge is 2.13. The Morgan fingerprint density at radius 3 is 2.80 bits per heavy atom. The number of nitrogens with one attached hydrogen (secondary N) is 1. The third-order valence-electron chi connectivity index (χ3n) is 3.60. The molecule has 10 heteroatoms. The Bertz CT molecular complexity index is 896. The lowest BCUT2D eigenvalue weighted by atomic mass is 10.4. The van der Waals surface area contributed by atoms with Gasteiger partial charge in [0.2, 0.25) is 0 Å². The molecule has 0 aliphatic carbocycles. The van der Waals surface area contributed by atoms with Crippen LogP contribution >= 0.6 is 15.9 Å². The van der Waals surface area contributed by atoms with Crippen LogP contribution in [0.2, 0.25) is 0 Å². The van der Waals surface area contributed by atoms with Crippen LogP contribution in [0, 0.1) is 13.8 Å². The number of halogens is 1. The van der Waals surface area contributed by atoms with E-state index in [-0.39, 0.29) is 5.91 Å². The molecule has 0 spiro atoms. The highest BCUT2D eigenvalue weighted by Crippen LogP contribution is 2.19. The highest BCUT2D eigenvalue weighted by molar-refractivity contribution is 9.10. The van der Waals surface area contributed by atoms with Gasteiger partial charge in [-0.25, -0.2) is 9.36 Å². The second-order valence-electron chi connectivity index (χ2n) is 5.51. The summed E-state index contributed by atoms with van der Waals surface area (Å²) >= 11 is 3.50. The minimum atomic E-state index is -0.301. The number of anilines is 1. The zero-order chi connectivity index (χ0) is 18.0. The lowest BCUT2D eigenvalue weighted by Crippen LogP contribution is -2.15. The smallest absolute Gasteiger partial charge is 0.276 e. The normalized spacial score (nSPS) is 11.0. The van der Waals surface area contributed by atoms with Crippen molar-refractivity contribution in [1.29, 1.82) is 0 Å². The summed E-state index contributed by atoms with van der Waals surface area (Å²) in [6, 6.07) is 1.66. The van der Waals surface area contributed by atoms with Gasteiger partial charge < -0.3 is 10.1 Å². The summed E-state index contributed by atoms with van der Waals surface area (Å²) in [5.41, 5.74) is 2.82. The third-order valence-corrected chi connectivity index (χ3v) is 4.75. The van der Waals surface area contributed by atoms with Crippen LogP contribution in [0.25, 0.3) is 0 Å². The fraction of sp³-hybridized carbons (Fsp3) is 0.333. The number of aryl methyl sites for hydroxylation is 1. The first-order chi connectivity index (χ1) is 12.0. The van der Waals surface area contributed by atoms with Crippen molar-refractivity contribution in [3.63, 3.8) is 0 Å². The van der Waals surface area contributed by atoms with Crippen molar-refractivity contribution in [3.8, 4) is 0 Å². The molecule has 0 fully saturated rings. The Balaban J connectivity index is 1.67. The van der Waals surface area contributed by atoms with Gasteiger partial charge in [-0.15, -0.1) is 0 Å². The number of nitrogens with zero attached hydrogens (tertiary/aromatic N) is 6. The van der Waals surface area contributed by atoms with Crippen LogP contribution in [0.3, 0.4) is 0 Å². The third kappa shape index (κ3) is 3.80. The molecule has 0 saturated heterocycles. The van der Waals surface area contributed by atoms with Crippen LogP contribution < -0.4 is 5.32 Å². The molecule has 0 bridgehead atoms. The summed E-state index contributed by atoms with van der Waals surface area (Å²) in [7, 11) is 1.58. The van der Waals surface area contributed by atoms with Crippen LogP contribution in [0.5, 0.6) is 0 Å². The minimum Gasteiger partial charge on any atom is -0.362 e. The average Bonchev–Trinajstić information content (AvgIpc) is 3.27. The van der Waals surface area contributed by atoms with Gasteiger partial charge in [0, 0.05) is 13.3 Å². The van der Waals surface area contributed by atoms with Crippen molar-refractivity contribution >= 4 is 27.5 Å². The second kappa shape index (κ2) is 7.19. The van der Waals surface area contributed by atoms with Gasteiger partial charge in [0.1, 0.15) is 13.4 Å². The van der Waals surface area contributed by atoms with E-state index in [1.165, 1.54) is 0 Å². The minimum absolute atomic E-state index is 0.301. The van der Waals surface area contributed by atoms with Crippen LogP contribution in [0.15, 0.2) is 29.1 Å². The number of aromatic nitrogens is 6. The lowest BCUT2D eigenvalue weighted by molar-refractivity contribution is 0.102. The molecular weight excluding hydrogens is 390 g/mol. The van der Waals surface area contributed by atoms with Gasteiger partial charge in [-0.05, 0) is 35.8 Å². The van der Waals surface area contributed by atoms with Gasteiger partial charge in [-0.2, -0.15) is 15.3 Å². The van der Waals surface area contributed by atoms with Crippen LogP contribution in [0.1, 0.15) is 21.9 Å². The van der Waals surface area contributed by atoms with Crippen molar-refractivity contribution in [2.24, 2.45) is 0 Å². The number of rotatable bonds is 6. The summed E-state index contributed by atoms with van der Waals surface area (Å²) in [4.78, 5) is 12.3. The average molecular weight is 408 g/mol. The van der Waals surface area contributed by atoms with Crippen molar-refractivity contribution in [1.82, 2.24) is 29.3 Å². The molecule has 9 nitrogen and oxygen atoms in total. The lowest BCUT2D eigenvalue weighted by Gasteiger charge is -2.04. The predicted molar refractivity (Wildman–Crippen MR) is 94.2 cm³/mol. The van der Waals surface area contributed by atoms with E-state index in [2.05, 4.69) is 36.5 Å². The zero-order valence-corrected chi connectivity index (χ0v) is 15.7. The summed E-state index contributed by atoms with van der Waals surface area (Å²) < 4.78 is 11.0. The van der Waals surface area contributed by atoms with E-state index in [4.69, 9.17) is 4.74 Å². The van der Waals surface area contributed by atoms with E-state index in [1.54, 1.807) is 41.1 Å². The Morgan fingerprint density at radius 1 is 1.32 bits per heavy atom. The zero-order valence-electron chi connectivity index (χ0n) is 14.1. The molecule has 25 heavy (non-hydrogen) atoms. The molecule has 3 rings (SSSR count). The Kier molecular flexibility index (Phi) is 5.00. The van der Waals surface area contributed by atoms with Gasteiger partial charge in [0.15, 0.2) is 5.69 Å². The molecule has 3 aromatic rings. The van der Waals surface area contributed by atoms with E-state index in [0.29, 0.717) is 24.8 Å². The Hall–Kier alpha value is -2.46. The molecule has 3 aromatic heterocycles. The topological polar surface area (TPSA) is 91.8 Å². The highest BCUT2D eigenvalue weighted by atomic mass is 79.9. The Morgan fingerprint density at radius 2 is 2.12 bits per heavy atom. The van der Waals surface area contributed by atoms with Crippen LogP contribution in [0.4, 0.5) is 5.69 Å². The summed E-state index contributed by atoms with van der Waals surface area (Å²) in [6.45, 7) is 4.65. The van der Waals surface area contributed by atoms with Gasteiger partial charge in [0.05, 0.1) is 33.9 Å². The van der Waals surface area contributed by atoms with E-state index in [1.807, 2.05) is 18.5 Å². The fourth-order valence-electron chi connectivity index (χ4n) is 2.34. The molecule has 0 radical (unpaired) electrons. The molecule has 1 N–H and O–H groups in total. The second-order valence-corrected chi connectivity index (χ2v) is 6.30. The predicted octanol–water partition coefficient (Wildman–Crippen LogP) is 2.02. The summed E-state index contributed by atoms with van der Waals surface area (Å²) in [5.74, 6) is -0.301. The van der Waals surface area contributed by atoms with E-state index in [0.717, 1.165) is 15.9 Å². The monoisotopic (exact) mass is 407 g/mol. The van der Waals surface area contributed by atoms with Gasteiger partial charge in [-0.3, -0.25) is 9.48 Å². The summed E-state index contributed by atoms with van der Waals surface area (Å²) in [6.07, 6.45) is 4.99. The van der Waals surface area contributed by atoms with Crippen LogP contribution in [-0.2, 0) is 18.1 Å². The SMILES string of the molecule is COCn1cc(NC(=O)c2ccn(Cn3nc(C)c(Br)c3C)n2)cn1. The van der Waals surface area contributed by atoms with Gasteiger partial charge in [-0.1, -0.05) is 0 Å². The molecule has 3 heterocycles. The van der Waals surface area contributed by atoms with E-state index >= 15 is 0 Å². The van der Waals surface area contributed by atoms with E-state index in [9.17, 15) is 4.79 Å². The maximum atomic E-state index is 12.3. The fourth-order valence-corrected chi connectivity index (χ4v) is 2.62. The summed E-state index contributed by atoms with van der Waals surface area (Å²) in [5, 5.41) is 15.6. The van der Waals surface area contributed by atoms with Crippen molar-refractivity contribution in [2.75, 3.05) is 12.4 Å². The van der Waals surface area contributed by atoms with Gasteiger partial charge >= 0.3 is 0 Å². The Labute approximate surface area is 152 Å². The standard InChI is InChI=1S/C15H18BrN7O2/c1-10-14(16)11(2)23(19-10)8-21-5-4-13(20-21)15(24)18-12-6-17-22(7-12)9-25-3/h4-7H,8-9H2,1-3H3,(H,18,24). The quantitative estimate of drug-likeness (QED) is 0.674. The molecule has 0 atom stereocenters. The number of carbonyl (C=O) groups is 1. The maximum absolute atomic E-state index is 12.3. The molecule has 1 amide bonds. The first-order valence-electron chi connectivity index (χ1n) is 7.53. The van der Waals surface area contributed by atoms with Crippen molar-refractivity contribution in [2.45, 2.75) is 27.2 Å². The largest absolute Gasteiger partial charge is 0.362 e. The number of carbonyl (C=O) groups excluding carboxylic acids is 1. The van der Waals surface area contributed by atoms with Crippen molar-refractivity contribution in [3.05, 3.63) is 46.2 Å². The van der Waals surface area contributed by atoms with E-state index < -0.39 is 0 Å². The number of methoxy groups -OCH3 is 1. The number of amides is 1. The van der Waals surface area contributed by atoms with Crippen molar-refractivity contribution < 1.29 is 9.53 Å². The molecule has 0 saturated carbocycles. The molecular formula is C15H18BrN7O2. The molecule has 0 aromatic carbocycles. The number of hydrogen-bond acceptors (Lipinski definition) is 5. The maximum Gasteiger partial charge on any atom is 0.276 e. The molecule has 132 valence electrons. The number of ether oxygens (including phenoxy) is 1. The molecule has 0 aliphatic heterocycles. The first kappa shape index (κ1) is 17.4. The van der Waals surface area contributed by atoms with Gasteiger partial charge in [0.25, 0.3) is 5.91 Å². The first-order valence-corrected chi connectivity index (χ1v) is 8.33. The molecule has 0 aliphatic rings. The van der Waals surface area contributed by atoms with Crippen LogP contribution in [-0.4, -0.2) is 42.4 Å². The number of hydrogen-bond donors (Lipinski definition) is 1.